The molecule has 1 aliphatic heterocycles. The van der Waals surface area contributed by atoms with Crippen LogP contribution in [-0.2, 0) is 9.59 Å². The highest BCUT2D eigenvalue weighted by atomic mass is 16.3. The van der Waals surface area contributed by atoms with E-state index in [9.17, 15) is 19.2 Å². The standard InChI is InChI=1S/C10H10O3.C6H9NO2.C2H6/c1-2-10(13)9-4-3-8(12)5-7(9)6-11;1-4-2-3-5(8)7-6(4)9;1-2/h3-6,12H,2H2,1H3;4H,2-3H2,1H3,(H,7,8,9);1-2H3. The van der Waals surface area contributed by atoms with Crippen molar-refractivity contribution in [2.75, 3.05) is 0 Å². The molecule has 0 aliphatic carbocycles. The summed E-state index contributed by atoms with van der Waals surface area (Å²) >= 11 is 0. The zero-order chi connectivity index (χ0) is 18.7. The molecule has 2 amide bonds. The van der Waals surface area contributed by atoms with Gasteiger partial charge < -0.3 is 5.11 Å². The third kappa shape index (κ3) is 6.73. The van der Waals surface area contributed by atoms with Gasteiger partial charge in [0.2, 0.25) is 11.8 Å². The maximum atomic E-state index is 11.3. The summed E-state index contributed by atoms with van der Waals surface area (Å²) in [5.74, 6) is -0.357. The lowest BCUT2D eigenvalue weighted by Crippen LogP contribution is -2.39. The number of imide groups is 1. The molecule has 1 atom stereocenters. The van der Waals surface area contributed by atoms with Gasteiger partial charge >= 0.3 is 0 Å². The maximum absolute atomic E-state index is 11.3. The Labute approximate surface area is 142 Å². The van der Waals surface area contributed by atoms with E-state index in [2.05, 4.69) is 5.32 Å². The van der Waals surface area contributed by atoms with Gasteiger partial charge in [0.1, 0.15) is 5.75 Å². The first kappa shape index (κ1) is 21.5. The molecular formula is C18H25NO5. The third-order valence-corrected chi connectivity index (χ3v) is 3.30. The van der Waals surface area contributed by atoms with E-state index < -0.39 is 0 Å². The molecule has 1 aliphatic rings. The summed E-state index contributed by atoms with van der Waals surface area (Å²) in [4.78, 5) is 43.0. The van der Waals surface area contributed by atoms with E-state index in [4.69, 9.17) is 5.11 Å². The second-order valence-corrected chi connectivity index (χ2v) is 5.02. The van der Waals surface area contributed by atoms with E-state index in [1.807, 2.05) is 20.8 Å². The number of phenols is 1. The number of aromatic hydroxyl groups is 1. The van der Waals surface area contributed by atoms with Crippen molar-refractivity contribution >= 4 is 23.9 Å². The molecule has 1 saturated heterocycles. The number of benzene rings is 1. The fourth-order valence-corrected chi connectivity index (χ4v) is 1.89. The molecule has 1 fully saturated rings. The van der Waals surface area contributed by atoms with E-state index in [1.165, 1.54) is 18.2 Å². The molecule has 0 radical (unpaired) electrons. The number of Topliss-reactive ketones (excluding diaryl/α,β-unsaturated/α-hetero) is 1. The Hall–Kier alpha value is -2.50. The number of amides is 2. The molecule has 0 saturated carbocycles. The Morgan fingerprint density at radius 1 is 1.33 bits per heavy atom. The van der Waals surface area contributed by atoms with Gasteiger partial charge in [0.15, 0.2) is 12.1 Å². The molecule has 24 heavy (non-hydrogen) atoms. The van der Waals surface area contributed by atoms with Crippen LogP contribution in [0.3, 0.4) is 0 Å². The van der Waals surface area contributed by atoms with Gasteiger partial charge in [0, 0.05) is 29.9 Å². The van der Waals surface area contributed by atoms with Crippen molar-refractivity contribution in [1.29, 1.82) is 0 Å². The van der Waals surface area contributed by atoms with Crippen molar-refractivity contribution in [1.82, 2.24) is 5.32 Å². The number of nitrogens with one attached hydrogen (secondary N) is 1. The van der Waals surface area contributed by atoms with Crippen LogP contribution < -0.4 is 5.32 Å². The summed E-state index contributed by atoms with van der Waals surface area (Å²) in [6.07, 6.45) is 2.12. The van der Waals surface area contributed by atoms with Gasteiger partial charge in [-0.2, -0.15) is 0 Å². The maximum Gasteiger partial charge on any atom is 0.229 e. The predicted molar refractivity (Wildman–Crippen MR) is 91.0 cm³/mol. The minimum absolute atomic E-state index is 0.00486. The van der Waals surface area contributed by atoms with Gasteiger partial charge in [-0.25, -0.2) is 0 Å². The summed E-state index contributed by atoms with van der Waals surface area (Å²) in [7, 11) is 0. The van der Waals surface area contributed by atoms with Crippen molar-refractivity contribution < 1.29 is 24.3 Å². The Kier molecular flexibility index (Phi) is 9.94. The third-order valence-electron chi connectivity index (χ3n) is 3.30. The summed E-state index contributed by atoms with van der Waals surface area (Å²) in [6.45, 7) is 7.55. The number of hydrogen-bond acceptors (Lipinski definition) is 5. The number of piperidine rings is 1. The van der Waals surface area contributed by atoms with Crippen LogP contribution in [0.5, 0.6) is 5.75 Å². The minimum Gasteiger partial charge on any atom is -0.508 e. The van der Waals surface area contributed by atoms with Gasteiger partial charge in [0.25, 0.3) is 0 Å². The normalized spacial score (nSPS) is 15.9. The molecular weight excluding hydrogens is 310 g/mol. The minimum atomic E-state index is -0.141. The second kappa shape index (κ2) is 11.1. The average Bonchev–Trinajstić information content (AvgIpc) is 2.60. The fraction of sp³-hybridized carbons (Fsp3) is 0.444. The van der Waals surface area contributed by atoms with E-state index >= 15 is 0 Å². The molecule has 0 spiro atoms. The van der Waals surface area contributed by atoms with Crippen LogP contribution >= 0.6 is 0 Å². The van der Waals surface area contributed by atoms with Crippen LogP contribution in [0.15, 0.2) is 18.2 Å². The summed E-state index contributed by atoms with van der Waals surface area (Å²) in [5.41, 5.74) is 0.613. The van der Waals surface area contributed by atoms with Crippen LogP contribution in [0, 0.1) is 5.92 Å². The van der Waals surface area contributed by atoms with E-state index in [1.54, 1.807) is 6.92 Å². The number of aldehydes is 1. The monoisotopic (exact) mass is 335 g/mol. The van der Waals surface area contributed by atoms with Crippen molar-refractivity contribution in [3.05, 3.63) is 29.3 Å². The second-order valence-electron chi connectivity index (χ2n) is 5.02. The molecule has 1 aromatic carbocycles. The smallest absolute Gasteiger partial charge is 0.229 e. The quantitative estimate of drug-likeness (QED) is 0.502. The van der Waals surface area contributed by atoms with Crippen LogP contribution in [0.4, 0.5) is 0 Å². The molecule has 1 aromatic rings. The van der Waals surface area contributed by atoms with Crippen LogP contribution in [0.2, 0.25) is 0 Å². The van der Waals surface area contributed by atoms with Gasteiger partial charge in [-0.3, -0.25) is 24.5 Å². The van der Waals surface area contributed by atoms with Crippen LogP contribution in [-0.4, -0.2) is 29.0 Å². The van der Waals surface area contributed by atoms with E-state index in [0.717, 1.165) is 0 Å². The first-order chi connectivity index (χ1) is 11.4. The number of carbonyl (C=O) groups excluding carboxylic acids is 4. The number of phenolic OH excluding ortho intramolecular Hbond substituents is 1. The van der Waals surface area contributed by atoms with Crippen LogP contribution in [0.25, 0.3) is 0 Å². The molecule has 1 unspecified atom stereocenters. The highest BCUT2D eigenvalue weighted by Crippen LogP contribution is 2.16. The topological polar surface area (TPSA) is 101 Å². The number of ketones is 1. The fourth-order valence-electron chi connectivity index (χ4n) is 1.89. The molecule has 0 bridgehead atoms. The van der Waals surface area contributed by atoms with Crippen molar-refractivity contribution in [2.45, 2.75) is 47.0 Å². The molecule has 1 heterocycles. The van der Waals surface area contributed by atoms with Gasteiger partial charge in [-0.15, -0.1) is 0 Å². The Bertz CT molecular complexity index is 595. The Balaban J connectivity index is 0.000000420. The van der Waals surface area contributed by atoms with Crippen LogP contribution in [0.1, 0.15) is 67.7 Å². The van der Waals surface area contributed by atoms with Crippen molar-refractivity contribution in [3.8, 4) is 5.75 Å². The number of hydrogen-bond donors (Lipinski definition) is 2. The summed E-state index contributed by atoms with van der Waals surface area (Å²) in [5, 5.41) is 11.3. The highest BCUT2D eigenvalue weighted by molar-refractivity contribution is 6.02. The largest absolute Gasteiger partial charge is 0.508 e. The van der Waals surface area contributed by atoms with Gasteiger partial charge in [0.05, 0.1) is 0 Å². The summed E-state index contributed by atoms with van der Waals surface area (Å²) < 4.78 is 0. The number of rotatable bonds is 3. The van der Waals surface area contributed by atoms with Crippen molar-refractivity contribution in [3.63, 3.8) is 0 Å². The predicted octanol–water partition coefficient (Wildman–Crippen LogP) is 2.88. The molecule has 0 aromatic heterocycles. The highest BCUT2D eigenvalue weighted by Gasteiger charge is 2.21. The zero-order valence-electron chi connectivity index (χ0n) is 14.6. The van der Waals surface area contributed by atoms with Gasteiger partial charge in [-0.1, -0.05) is 27.7 Å². The average molecular weight is 335 g/mol. The Morgan fingerprint density at radius 3 is 2.42 bits per heavy atom. The number of carbonyl (C=O) groups is 4. The molecule has 132 valence electrons. The molecule has 6 nitrogen and oxygen atoms in total. The lowest BCUT2D eigenvalue weighted by Gasteiger charge is -2.15. The van der Waals surface area contributed by atoms with E-state index in [0.29, 0.717) is 31.1 Å². The Morgan fingerprint density at radius 2 is 1.96 bits per heavy atom. The lowest BCUT2D eigenvalue weighted by molar-refractivity contribution is -0.135. The molecule has 2 rings (SSSR count). The van der Waals surface area contributed by atoms with E-state index in [-0.39, 0.29) is 34.8 Å². The molecule has 6 heteroatoms. The SMILES string of the molecule is CC.CC1CCC(=O)NC1=O.CCC(=O)c1ccc(O)cc1C=O. The first-order valence-corrected chi connectivity index (χ1v) is 8.04. The summed E-state index contributed by atoms with van der Waals surface area (Å²) in [6, 6.07) is 4.15. The molecule has 2 N–H and O–H groups in total. The lowest BCUT2D eigenvalue weighted by atomic mass is 10.0. The van der Waals surface area contributed by atoms with Crippen molar-refractivity contribution in [2.24, 2.45) is 5.92 Å². The van der Waals surface area contributed by atoms with Gasteiger partial charge in [-0.05, 0) is 24.6 Å². The first-order valence-electron chi connectivity index (χ1n) is 8.04. The zero-order valence-corrected chi connectivity index (χ0v) is 14.6.